The van der Waals surface area contributed by atoms with Crippen LogP contribution in [0.5, 0.6) is 0 Å². The van der Waals surface area contributed by atoms with E-state index in [1.807, 2.05) is 60.7 Å². The third-order valence-electron chi connectivity index (χ3n) is 3.51. The van der Waals surface area contributed by atoms with Crippen LogP contribution in [-0.2, 0) is 40.9 Å². The Morgan fingerprint density at radius 3 is 1.74 bits per heavy atom. The zero-order valence-electron chi connectivity index (χ0n) is 15.6. The summed E-state index contributed by atoms with van der Waals surface area (Å²) >= 11 is 0. The maximum absolute atomic E-state index is 12.9. The van der Waals surface area contributed by atoms with E-state index in [0.717, 1.165) is 11.1 Å². The van der Waals surface area contributed by atoms with Crippen molar-refractivity contribution in [3.05, 3.63) is 71.8 Å². The van der Waals surface area contributed by atoms with Crippen LogP contribution >= 0.6 is 7.82 Å². The van der Waals surface area contributed by atoms with E-state index in [1.54, 1.807) is 13.8 Å². The first-order chi connectivity index (χ1) is 13.0. The van der Waals surface area contributed by atoms with Crippen LogP contribution in [0.15, 0.2) is 60.7 Å². The molecule has 0 aliphatic rings. The van der Waals surface area contributed by atoms with Gasteiger partial charge in [-0.25, -0.2) is 4.57 Å². The van der Waals surface area contributed by atoms with E-state index < -0.39 is 7.82 Å². The van der Waals surface area contributed by atoms with Crippen molar-refractivity contribution >= 4 is 13.8 Å². The fourth-order valence-electron chi connectivity index (χ4n) is 2.03. The summed E-state index contributed by atoms with van der Waals surface area (Å²) < 4.78 is 34.2. The van der Waals surface area contributed by atoms with Crippen molar-refractivity contribution in [2.45, 2.75) is 27.1 Å². The highest BCUT2D eigenvalue weighted by Crippen LogP contribution is 2.50. The van der Waals surface area contributed by atoms with Crippen molar-refractivity contribution in [3.8, 4) is 0 Å². The van der Waals surface area contributed by atoms with E-state index in [0.29, 0.717) is 0 Å². The molecule has 146 valence electrons. The molecule has 0 aliphatic carbocycles. The molecule has 0 N–H and O–H groups in total. The summed E-state index contributed by atoms with van der Waals surface area (Å²) in [7, 11) is -3.83. The van der Waals surface area contributed by atoms with E-state index in [1.165, 1.54) is 0 Å². The molecule has 0 aromatic heterocycles. The molecule has 0 aliphatic heterocycles. The van der Waals surface area contributed by atoms with Crippen LogP contribution in [0.1, 0.15) is 25.0 Å². The summed E-state index contributed by atoms with van der Waals surface area (Å²) in [5.74, 6) is -0.579. The zero-order chi connectivity index (χ0) is 19.5. The van der Waals surface area contributed by atoms with Gasteiger partial charge in [0.1, 0.15) is 6.61 Å². The second-order valence-electron chi connectivity index (χ2n) is 6.12. The molecular weight excluding hydrogens is 367 g/mol. The topological polar surface area (TPSA) is 71.1 Å². The Bertz CT molecular complexity index is 685. The number of phosphoric acid groups is 1. The molecule has 0 fully saturated rings. The van der Waals surface area contributed by atoms with Gasteiger partial charge in [-0.3, -0.25) is 18.4 Å². The van der Waals surface area contributed by atoms with E-state index in [9.17, 15) is 9.36 Å². The number of rotatable bonds is 11. The van der Waals surface area contributed by atoms with Crippen molar-refractivity contribution in [2.75, 3.05) is 13.2 Å². The number of carbonyl (C=O) groups is 1. The Hall–Kier alpha value is -1.98. The third-order valence-corrected chi connectivity index (χ3v) is 4.90. The molecule has 2 aromatic carbocycles. The minimum atomic E-state index is -3.83. The van der Waals surface area contributed by atoms with Gasteiger partial charge in [-0.15, -0.1) is 0 Å². The maximum atomic E-state index is 12.9. The highest BCUT2D eigenvalue weighted by Gasteiger charge is 2.27. The van der Waals surface area contributed by atoms with Gasteiger partial charge in [0.15, 0.2) is 0 Å². The predicted molar refractivity (Wildman–Crippen MR) is 102 cm³/mol. The maximum Gasteiger partial charge on any atom is 0.475 e. The van der Waals surface area contributed by atoms with Crippen molar-refractivity contribution in [1.82, 2.24) is 0 Å². The second kappa shape index (κ2) is 11.0. The first kappa shape index (κ1) is 21.3. The molecule has 0 radical (unpaired) electrons. The van der Waals surface area contributed by atoms with E-state index in [4.69, 9.17) is 18.3 Å². The molecular formula is C20H25O6P. The number of ether oxygens (including phenoxy) is 1. The second-order valence-corrected chi connectivity index (χ2v) is 7.79. The molecule has 0 unspecified atom stereocenters. The first-order valence-electron chi connectivity index (χ1n) is 8.77. The standard InChI is InChI=1S/C20H25O6P/c1-17(2)20(21)23-13-14-24-27(22,25-15-18-9-5-3-6-10-18)26-16-19-11-7-4-8-12-19/h3-12,17H,13-16H2,1-2H3. The van der Waals surface area contributed by atoms with Gasteiger partial charge in [0.2, 0.25) is 0 Å². The van der Waals surface area contributed by atoms with Gasteiger partial charge in [-0.05, 0) is 11.1 Å². The van der Waals surface area contributed by atoms with Crippen molar-refractivity contribution in [3.63, 3.8) is 0 Å². The van der Waals surface area contributed by atoms with E-state index in [-0.39, 0.29) is 38.3 Å². The van der Waals surface area contributed by atoms with Crippen molar-refractivity contribution in [2.24, 2.45) is 5.92 Å². The summed E-state index contributed by atoms with van der Waals surface area (Å²) in [4.78, 5) is 11.5. The molecule has 6 nitrogen and oxygen atoms in total. The van der Waals surface area contributed by atoms with Crippen LogP contribution in [0.25, 0.3) is 0 Å². The molecule has 2 aromatic rings. The molecule has 27 heavy (non-hydrogen) atoms. The molecule has 0 heterocycles. The lowest BCUT2D eigenvalue weighted by Gasteiger charge is -2.18. The number of esters is 1. The number of carbonyl (C=O) groups excluding carboxylic acids is 1. The summed E-state index contributed by atoms with van der Waals surface area (Å²) in [6, 6.07) is 18.6. The third kappa shape index (κ3) is 8.06. The minimum absolute atomic E-state index is 0.0234. The van der Waals surface area contributed by atoms with Crippen molar-refractivity contribution in [1.29, 1.82) is 0 Å². The highest BCUT2D eigenvalue weighted by molar-refractivity contribution is 7.48. The van der Waals surface area contributed by atoms with Crippen LogP contribution in [-0.4, -0.2) is 19.2 Å². The number of phosphoric ester groups is 1. The van der Waals surface area contributed by atoms with Crippen LogP contribution in [0.4, 0.5) is 0 Å². The Morgan fingerprint density at radius 1 is 0.815 bits per heavy atom. The molecule has 0 saturated carbocycles. The van der Waals surface area contributed by atoms with Crippen LogP contribution in [0.3, 0.4) is 0 Å². The van der Waals surface area contributed by atoms with Gasteiger partial charge in [0.05, 0.1) is 25.7 Å². The Labute approximate surface area is 160 Å². The monoisotopic (exact) mass is 392 g/mol. The molecule has 0 spiro atoms. The lowest BCUT2D eigenvalue weighted by atomic mass is 10.2. The predicted octanol–water partition coefficient (Wildman–Crippen LogP) is 4.74. The SMILES string of the molecule is CC(C)C(=O)OCCOP(=O)(OCc1ccccc1)OCc1ccccc1. The number of hydrogen-bond donors (Lipinski definition) is 0. The largest absolute Gasteiger partial charge is 0.475 e. The molecule has 0 saturated heterocycles. The Morgan fingerprint density at radius 2 is 1.30 bits per heavy atom. The van der Waals surface area contributed by atoms with Crippen LogP contribution in [0.2, 0.25) is 0 Å². The molecule has 0 amide bonds. The summed E-state index contributed by atoms with van der Waals surface area (Å²) in [6.07, 6.45) is 0. The van der Waals surface area contributed by atoms with Gasteiger partial charge in [0, 0.05) is 0 Å². The van der Waals surface area contributed by atoms with Gasteiger partial charge in [-0.1, -0.05) is 74.5 Å². The van der Waals surface area contributed by atoms with Gasteiger partial charge in [0.25, 0.3) is 0 Å². The Kier molecular flexibility index (Phi) is 8.69. The van der Waals surface area contributed by atoms with Crippen LogP contribution in [0, 0.1) is 5.92 Å². The fourth-order valence-corrected chi connectivity index (χ4v) is 3.16. The van der Waals surface area contributed by atoms with Gasteiger partial charge >= 0.3 is 13.8 Å². The average molecular weight is 392 g/mol. The highest BCUT2D eigenvalue weighted by atomic mass is 31.2. The summed E-state index contributed by atoms with van der Waals surface area (Å²) in [5.41, 5.74) is 1.69. The smallest absolute Gasteiger partial charge is 0.463 e. The first-order valence-corrected chi connectivity index (χ1v) is 10.2. The normalized spacial score (nSPS) is 11.5. The number of hydrogen-bond acceptors (Lipinski definition) is 6. The van der Waals surface area contributed by atoms with Crippen LogP contribution < -0.4 is 0 Å². The minimum Gasteiger partial charge on any atom is -0.463 e. The lowest BCUT2D eigenvalue weighted by molar-refractivity contribution is -0.148. The summed E-state index contributed by atoms with van der Waals surface area (Å²) in [6.45, 7) is 3.53. The Balaban J connectivity index is 1.91. The molecule has 0 bridgehead atoms. The van der Waals surface area contributed by atoms with Gasteiger partial charge < -0.3 is 4.74 Å². The van der Waals surface area contributed by atoms with E-state index >= 15 is 0 Å². The fraction of sp³-hybridized carbons (Fsp3) is 0.350. The number of benzene rings is 2. The molecule has 7 heteroatoms. The zero-order valence-corrected chi connectivity index (χ0v) is 16.5. The average Bonchev–Trinajstić information content (AvgIpc) is 2.70. The quantitative estimate of drug-likeness (QED) is 0.312. The van der Waals surface area contributed by atoms with E-state index in [2.05, 4.69) is 0 Å². The summed E-state index contributed by atoms with van der Waals surface area (Å²) in [5, 5.41) is 0. The molecule has 2 rings (SSSR count). The van der Waals surface area contributed by atoms with Gasteiger partial charge in [-0.2, -0.15) is 0 Å². The lowest BCUT2D eigenvalue weighted by Crippen LogP contribution is -2.15. The molecule has 0 atom stereocenters. The van der Waals surface area contributed by atoms with Crippen molar-refractivity contribution < 1.29 is 27.7 Å².